The van der Waals surface area contributed by atoms with Crippen LogP contribution in [-0.2, 0) is 6.42 Å². The summed E-state index contributed by atoms with van der Waals surface area (Å²) >= 11 is 0. The lowest BCUT2D eigenvalue weighted by Gasteiger charge is -2.18. The average Bonchev–Trinajstić information content (AvgIpc) is 3.03. The van der Waals surface area contributed by atoms with E-state index in [1.807, 2.05) is 25.1 Å². The molecule has 0 radical (unpaired) electrons. The van der Waals surface area contributed by atoms with Gasteiger partial charge in [-0.3, -0.25) is 4.98 Å². The van der Waals surface area contributed by atoms with Gasteiger partial charge < -0.3 is 14.2 Å². The molecule has 0 aliphatic carbocycles. The lowest BCUT2D eigenvalue weighted by atomic mass is 10.1. The molecule has 8 nitrogen and oxygen atoms in total. The highest BCUT2D eigenvalue weighted by Crippen LogP contribution is 2.41. The molecule has 2 bridgehead atoms. The van der Waals surface area contributed by atoms with E-state index in [4.69, 9.17) is 19.2 Å². The number of benzene rings is 1. The smallest absolute Gasteiger partial charge is 0.249 e. The van der Waals surface area contributed by atoms with Gasteiger partial charge in [0.05, 0.1) is 19.9 Å². The number of hydrogen-bond acceptors (Lipinski definition) is 7. The maximum Gasteiger partial charge on any atom is 0.249 e. The summed E-state index contributed by atoms with van der Waals surface area (Å²) < 4.78 is 19.0. The van der Waals surface area contributed by atoms with E-state index < -0.39 is 0 Å². The number of imidazole rings is 1. The van der Waals surface area contributed by atoms with E-state index in [-0.39, 0.29) is 0 Å². The first kappa shape index (κ1) is 16.5. The standard InChI is InChI=1S/C20H17N5O3/c1-11-22-15-9-13-8-14(10-16(26-2)18(13)27-3)28-20-17(15)25(11)24-19(23-20)12-4-6-21-7-5-12/h4-8,10H,9H2,1-3H3. The van der Waals surface area contributed by atoms with Crippen molar-refractivity contribution in [1.82, 2.24) is 24.6 Å². The van der Waals surface area contributed by atoms with Crippen LogP contribution in [0.25, 0.3) is 16.9 Å². The minimum Gasteiger partial charge on any atom is -0.493 e. The molecule has 4 aromatic rings. The molecule has 0 spiro atoms. The van der Waals surface area contributed by atoms with Crippen LogP contribution in [0.15, 0.2) is 36.7 Å². The van der Waals surface area contributed by atoms with E-state index in [1.54, 1.807) is 37.2 Å². The van der Waals surface area contributed by atoms with E-state index in [9.17, 15) is 0 Å². The van der Waals surface area contributed by atoms with Crippen LogP contribution >= 0.6 is 0 Å². The van der Waals surface area contributed by atoms with E-state index in [0.29, 0.717) is 35.4 Å². The van der Waals surface area contributed by atoms with Crippen molar-refractivity contribution in [3.8, 4) is 34.5 Å². The number of hydrogen-bond donors (Lipinski definition) is 0. The number of rotatable bonds is 3. The summed E-state index contributed by atoms with van der Waals surface area (Å²) in [6.45, 7) is 1.91. The van der Waals surface area contributed by atoms with Crippen molar-refractivity contribution in [3.63, 3.8) is 0 Å². The van der Waals surface area contributed by atoms with E-state index >= 15 is 0 Å². The van der Waals surface area contributed by atoms with Gasteiger partial charge in [-0.15, -0.1) is 5.10 Å². The van der Waals surface area contributed by atoms with Crippen molar-refractivity contribution >= 4 is 5.52 Å². The molecule has 1 aliphatic heterocycles. The first-order valence-electron chi connectivity index (χ1n) is 8.77. The molecule has 5 rings (SSSR count). The molecule has 0 N–H and O–H groups in total. The molecule has 4 heterocycles. The van der Waals surface area contributed by atoms with Gasteiger partial charge in [0.1, 0.15) is 11.6 Å². The quantitative estimate of drug-likeness (QED) is 0.479. The summed E-state index contributed by atoms with van der Waals surface area (Å²) in [6.07, 6.45) is 3.97. The zero-order valence-electron chi connectivity index (χ0n) is 15.6. The highest BCUT2D eigenvalue weighted by atomic mass is 16.5. The molecule has 0 saturated carbocycles. The van der Waals surface area contributed by atoms with Crippen LogP contribution in [0.1, 0.15) is 17.1 Å². The average molecular weight is 375 g/mol. The Kier molecular flexibility index (Phi) is 3.65. The van der Waals surface area contributed by atoms with Crippen LogP contribution in [0.5, 0.6) is 23.1 Å². The van der Waals surface area contributed by atoms with Gasteiger partial charge in [0.2, 0.25) is 5.88 Å². The maximum absolute atomic E-state index is 6.17. The molecule has 0 amide bonds. The highest BCUT2D eigenvalue weighted by molar-refractivity contribution is 5.68. The third-order valence-corrected chi connectivity index (χ3v) is 4.73. The van der Waals surface area contributed by atoms with Crippen molar-refractivity contribution < 1.29 is 14.2 Å². The van der Waals surface area contributed by atoms with Crippen molar-refractivity contribution in [1.29, 1.82) is 0 Å². The van der Waals surface area contributed by atoms with Gasteiger partial charge in [-0.05, 0) is 25.1 Å². The lowest BCUT2D eigenvalue weighted by molar-refractivity contribution is 0.348. The molecule has 8 heteroatoms. The molecule has 1 aliphatic rings. The topological polar surface area (TPSA) is 83.7 Å². The Morgan fingerprint density at radius 2 is 1.89 bits per heavy atom. The van der Waals surface area contributed by atoms with Crippen LogP contribution < -0.4 is 14.2 Å². The molecule has 1 aromatic carbocycles. The van der Waals surface area contributed by atoms with E-state index in [2.05, 4.69) is 15.1 Å². The van der Waals surface area contributed by atoms with Gasteiger partial charge in [-0.2, -0.15) is 4.98 Å². The summed E-state index contributed by atoms with van der Waals surface area (Å²) in [5.74, 6) is 3.65. The van der Waals surface area contributed by atoms with Crippen molar-refractivity contribution in [2.24, 2.45) is 0 Å². The fourth-order valence-corrected chi connectivity index (χ4v) is 3.50. The summed E-state index contributed by atoms with van der Waals surface area (Å²) in [5.41, 5.74) is 3.36. The monoisotopic (exact) mass is 375 g/mol. The van der Waals surface area contributed by atoms with Gasteiger partial charge in [-0.25, -0.2) is 9.50 Å². The second-order valence-corrected chi connectivity index (χ2v) is 6.44. The Morgan fingerprint density at radius 3 is 2.64 bits per heavy atom. The Bertz CT molecular complexity index is 1200. The van der Waals surface area contributed by atoms with Gasteiger partial charge in [0.15, 0.2) is 22.8 Å². The predicted molar refractivity (Wildman–Crippen MR) is 101 cm³/mol. The lowest BCUT2D eigenvalue weighted by Crippen LogP contribution is -2.06. The number of ether oxygens (including phenoxy) is 3. The maximum atomic E-state index is 6.17. The fraction of sp³-hybridized carbons (Fsp3) is 0.200. The Balaban J connectivity index is 1.76. The normalized spacial score (nSPS) is 12.2. The Morgan fingerprint density at radius 1 is 1.07 bits per heavy atom. The van der Waals surface area contributed by atoms with Crippen LogP contribution in [0.4, 0.5) is 0 Å². The number of pyridine rings is 1. The third kappa shape index (κ3) is 2.45. The molecular formula is C20H17N5O3. The second-order valence-electron chi connectivity index (χ2n) is 6.44. The van der Waals surface area contributed by atoms with Crippen LogP contribution in [-0.4, -0.2) is 38.8 Å². The fourth-order valence-electron chi connectivity index (χ4n) is 3.50. The molecule has 0 unspecified atom stereocenters. The zero-order valence-corrected chi connectivity index (χ0v) is 15.6. The predicted octanol–water partition coefficient (Wildman–Crippen LogP) is 3.21. The number of nitrogens with zero attached hydrogens (tertiary/aromatic N) is 5. The molecule has 3 aromatic heterocycles. The molecular weight excluding hydrogens is 358 g/mol. The van der Waals surface area contributed by atoms with Gasteiger partial charge in [0.25, 0.3) is 0 Å². The number of fused-ring (bicyclic) bond motifs is 2. The van der Waals surface area contributed by atoms with Crippen LogP contribution in [0, 0.1) is 6.92 Å². The number of aryl methyl sites for hydroxylation is 1. The van der Waals surface area contributed by atoms with Gasteiger partial charge in [-0.1, -0.05) is 0 Å². The van der Waals surface area contributed by atoms with Gasteiger partial charge in [0, 0.05) is 36.0 Å². The Labute approximate surface area is 160 Å². The first-order chi connectivity index (χ1) is 13.7. The van der Waals surface area contributed by atoms with Crippen molar-refractivity contribution in [3.05, 3.63) is 53.7 Å². The molecule has 0 saturated heterocycles. The zero-order chi connectivity index (χ0) is 19.3. The third-order valence-electron chi connectivity index (χ3n) is 4.73. The summed E-state index contributed by atoms with van der Waals surface area (Å²) in [6, 6.07) is 7.44. The summed E-state index contributed by atoms with van der Waals surface area (Å²) in [5, 5.41) is 4.67. The summed E-state index contributed by atoms with van der Waals surface area (Å²) in [7, 11) is 3.23. The molecule has 28 heavy (non-hydrogen) atoms. The molecule has 0 atom stereocenters. The van der Waals surface area contributed by atoms with Crippen molar-refractivity contribution in [2.45, 2.75) is 13.3 Å². The van der Waals surface area contributed by atoms with E-state index in [0.717, 1.165) is 28.2 Å². The van der Waals surface area contributed by atoms with Gasteiger partial charge >= 0.3 is 0 Å². The van der Waals surface area contributed by atoms with Crippen LogP contribution in [0.2, 0.25) is 0 Å². The number of aromatic nitrogens is 5. The molecule has 140 valence electrons. The SMILES string of the molecule is COc1cc2cc(c1OC)Cc1nc(C)n3nc(-c4ccncc4)nc(c13)O2. The minimum absolute atomic E-state index is 0.454. The number of methoxy groups -OCH3 is 2. The van der Waals surface area contributed by atoms with E-state index in [1.165, 1.54) is 0 Å². The first-order valence-corrected chi connectivity index (χ1v) is 8.77. The largest absolute Gasteiger partial charge is 0.493 e. The highest BCUT2D eigenvalue weighted by Gasteiger charge is 2.25. The van der Waals surface area contributed by atoms with Crippen LogP contribution in [0.3, 0.4) is 0 Å². The second kappa shape index (κ2) is 6.19. The Hall–Kier alpha value is -3.68. The molecule has 0 fully saturated rings. The summed E-state index contributed by atoms with van der Waals surface area (Å²) in [4.78, 5) is 13.4. The van der Waals surface area contributed by atoms with Crippen molar-refractivity contribution in [2.75, 3.05) is 14.2 Å². The minimum atomic E-state index is 0.454.